The second-order valence-electron chi connectivity index (χ2n) is 7.47. The summed E-state index contributed by atoms with van der Waals surface area (Å²) in [5, 5.41) is 3.32. The third-order valence-corrected chi connectivity index (χ3v) is 7.18. The van der Waals surface area contributed by atoms with Crippen LogP contribution in [0.4, 0.5) is 5.69 Å². The lowest BCUT2D eigenvalue weighted by Crippen LogP contribution is -2.38. The van der Waals surface area contributed by atoms with Gasteiger partial charge < -0.3 is 5.32 Å². The predicted octanol–water partition coefficient (Wildman–Crippen LogP) is 5.09. The number of nitrogens with one attached hydrogen (secondary N) is 1. The molecule has 0 aliphatic rings. The second-order valence-corrected chi connectivity index (χ2v) is 9.84. The van der Waals surface area contributed by atoms with Crippen molar-refractivity contribution in [2.45, 2.75) is 32.2 Å². The summed E-state index contributed by atoms with van der Waals surface area (Å²) in [4.78, 5) is 13.0. The van der Waals surface area contributed by atoms with E-state index in [1.54, 1.807) is 0 Å². The predicted molar refractivity (Wildman–Crippen MR) is 125 cm³/mol. The molecular weight excluding hydrogens is 432 g/mol. The average Bonchev–Trinajstić information content (AvgIpc) is 2.72. The number of hydrogen-bond acceptors (Lipinski definition) is 3. The van der Waals surface area contributed by atoms with Crippen molar-refractivity contribution in [1.82, 2.24) is 4.31 Å². The van der Waals surface area contributed by atoms with E-state index in [0.29, 0.717) is 10.7 Å². The lowest BCUT2D eigenvalue weighted by Gasteiger charge is -2.23. The van der Waals surface area contributed by atoms with Gasteiger partial charge in [-0.15, -0.1) is 0 Å². The van der Waals surface area contributed by atoms with E-state index in [1.807, 2.05) is 63.2 Å². The summed E-state index contributed by atoms with van der Waals surface area (Å²) < 4.78 is 28.0. The van der Waals surface area contributed by atoms with Crippen LogP contribution in [0.5, 0.6) is 0 Å². The number of halogens is 1. The fourth-order valence-electron chi connectivity index (χ4n) is 3.31. The largest absolute Gasteiger partial charge is 0.324 e. The normalized spacial score (nSPS) is 11.5. The molecule has 0 aromatic heterocycles. The second kappa shape index (κ2) is 9.64. The van der Waals surface area contributed by atoms with Gasteiger partial charge in [0.25, 0.3) is 0 Å². The highest BCUT2D eigenvalue weighted by atomic mass is 35.5. The quantitative estimate of drug-likeness (QED) is 0.538. The molecule has 3 aromatic carbocycles. The monoisotopic (exact) mass is 456 g/mol. The van der Waals surface area contributed by atoms with Crippen molar-refractivity contribution in [1.29, 1.82) is 0 Å². The molecule has 0 radical (unpaired) electrons. The van der Waals surface area contributed by atoms with Crippen LogP contribution in [0.25, 0.3) is 0 Å². The summed E-state index contributed by atoms with van der Waals surface area (Å²) in [6, 6.07) is 19.2. The van der Waals surface area contributed by atoms with Crippen molar-refractivity contribution in [3.63, 3.8) is 0 Å². The van der Waals surface area contributed by atoms with Gasteiger partial charge in [0.05, 0.1) is 11.4 Å². The van der Waals surface area contributed by atoms with Gasteiger partial charge in [-0.3, -0.25) is 4.79 Å². The number of carbonyl (C=O) groups is 1. The van der Waals surface area contributed by atoms with E-state index in [0.717, 1.165) is 22.3 Å². The summed E-state index contributed by atoms with van der Waals surface area (Å²) in [6.07, 6.45) is 0. The summed E-state index contributed by atoms with van der Waals surface area (Å²) >= 11 is 5.92. The molecule has 1 N–H and O–H groups in total. The zero-order valence-electron chi connectivity index (χ0n) is 17.7. The molecule has 0 fully saturated rings. The summed E-state index contributed by atoms with van der Waals surface area (Å²) in [5.41, 5.74) is 4.32. The van der Waals surface area contributed by atoms with E-state index in [2.05, 4.69) is 5.32 Å². The highest BCUT2D eigenvalue weighted by Gasteiger charge is 2.27. The van der Waals surface area contributed by atoms with Crippen LogP contribution < -0.4 is 5.32 Å². The number of para-hydroxylation sites is 1. The van der Waals surface area contributed by atoms with Gasteiger partial charge in [-0.05, 0) is 67.3 Å². The van der Waals surface area contributed by atoms with Gasteiger partial charge in [0.2, 0.25) is 15.9 Å². The zero-order chi connectivity index (χ0) is 22.6. The molecule has 162 valence electrons. The van der Waals surface area contributed by atoms with Crippen LogP contribution in [0.2, 0.25) is 5.02 Å². The molecule has 3 aromatic rings. The maximum atomic E-state index is 13.4. The summed E-state index contributed by atoms with van der Waals surface area (Å²) in [6.45, 7) is 5.49. The van der Waals surface area contributed by atoms with Crippen molar-refractivity contribution in [3.8, 4) is 0 Å². The summed E-state index contributed by atoms with van der Waals surface area (Å²) in [5.74, 6) is -0.400. The Bertz CT molecular complexity index is 1170. The minimum atomic E-state index is -3.93. The maximum absolute atomic E-state index is 13.4. The molecule has 5 nitrogen and oxygen atoms in total. The molecule has 0 saturated heterocycles. The molecule has 0 bridgehead atoms. The van der Waals surface area contributed by atoms with Crippen molar-refractivity contribution < 1.29 is 13.2 Å². The van der Waals surface area contributed by atoms with Crippen molar-refractivity contribution in [2.24, 2.45) is 0 Å². The third-order valence-electron chi connectivity index (χ3n) is 5.12. The van der Waals surface area contributed by atoms with E-state index >= 15 is 0 Å². The SMILES string of the molecule is Cc1ccccc1CN(CC(=O)Nc1c(C)cccc1C)S(=O)(=O)c1ccc(Cl)cc1. The number of carbonyl (C=O) groups excluding carboxylic acids is 1. The Morgan fingerprint density at radius 1 is 0.871 bits per heavy atom. The number of amides is 1. The first-order valence-corrected chi connectivity index (χ1v) is 11.7. The molecule has 31 heavy (non-hydrogen) atoms. The minimum Gasteiger partial charge on any atom is -0.324 e. The van der Waals surface area contributed by atoms with Crippen LogP contribution in [0.1, 0.15) is 22.3 Å². The zero-order valence-corrected chi connectivity index (χ0v) is 19.3. The Balaban J connectivity index is 1.92. The van der Waals surface area contributed by atoms with Crippen LogP contribution in [-0.4, -0.2) is 25.2 Å². The number of aryl methyl sites for hydroxylation is 3. The number of rotatable bonds is 7. The molecular formula is C24H25ClN2O3S. The Labute approximate surface area is 188 Å². The molecule has 1 amide bonds. The van der Waals surface area contributed by atoms with Crippen LogP contribution in [0.15, 0.2) is 71.6 Å². The molecule has 0 heterocycles. The van der Waals surface area contributed by atoms with Gasteiger partial charge in [-0.2, -0.15) is 4.31 Å². The Morgan fingerprint density at radius 3 is 2.06 bits per heavy atom. The highest BCUT2D eigenvalue weighted by Crippen LogP contribution is 2.23. The van der Waals surface area contributed by atoms with Gasteiger partial charge >= 0.3 is 0 Å². The van der Waals surface area contributed by atoms with Crippen molar-refractivity contribution >= 4 is 33.2 Å². The van der Waals surface area contributed by atoms with Gasteiger partial charge in [-0.1, -0.05) is 54.1 Å². The fourth-order valence-corrected chi connectivity index (χ4v) is 4.81. The highest BCUT2D eigenvalue weighted by molar-refractivity contribution is 7.89. The first kappa shape index (κ1) is 23.0. The maximum Gasteiger partial charge on any atom is 0.243 e. The number of anilines is 1. The number of hydrogen-bond donors (Lipinski definition) is 1. The standard InChI is InChI=1S/C24H25ClN2O3S/c1-17-7-4-5-10-20(17)15-27(31(29,30)22-13-11-21(25)12-14-22)16-23(28)26-24-18(2)8-6-9-19(24)3/h4-14H,15-16H2,1-3H3,(H,26,28). The molecule has 0 unspecified atom stereocenters. The number of benzene rings is 3. The Kier molecular flexibility index (Phi) is 7.15. The molecule has 0 aliphatic heterocycles. The van der Waals surface area contributed by atoms with Gasteiger partial charge in [0.1, 0.15) is 0 Å². The first-order chi connectivity index (χ1) is 14.7. The Morgan fingerprint density at radius 2 is 1.45 bits per heavy atom. The van der Waals surface area contributed by atoms with Gasteiger partial charge in [0.15, 0.2) is 0 Å². The third kappa shape index (κ3) is 5.53. The topological polar surface area (TPSA) is 66.5 Å². The van der Waals surface area contributed by atoms with Crippen LogP contribution in [0.3, 0.4) is 0 Å². The fraction of sp³-hybridized carbons (Fsp3) is 0.208. The number of sulfonamides is 1. The molecule has 0 spiro atoms. The molecule has 0 atom stereocenters. The lowest BCUT2D eigenvalue weighted by atomic mass is 10.1. The van der Waals surface area contributed by atoms with Crippen LogP contribution >= 0.6 is 11.6 Å². The summed E-state index contributed by atoms with van der Waals surface area (Å²) in [7, 11) is -3.93. The van der Waals surface area contributed by atoms with Crippen LogP contribution in [0, 0.1) is 20.8 Å². The average molecular weight is 457 g/mol. The molecule has 7 heteroatoms. The van der Waals surface area contributed by atoms with Crippen molar-refractivity contribution in [3.05, 3.63) is 94.0 Å². The minimum absolute atomic E-state index is 0.0812. The van der Waals surface area contributed by atoms with Gasteiger partial charge in [0, 0.05) is 17.3 Å². The molecule has 0 aliphatic carbocycles. The van der Waals surface area contributed by atoms with Crippen LogP contribution in [-0.2, 0) is 21.4 Å². The lowest BCUT2D eigenvalue weighted by molar-refractivity contribution is -0.116. The van der Waals surface area contributed by atoms with E-state index in [4.69, 9.17) is 11.6 Å². The first-order valence-electron chi connectivity index (χ1n) is 9.85. The molecule has 3 rings (SSSR count). The number of nitrogens with zero attached hydrogens (tertiary/aromatic N) is 1. The van der Waals surface area contributed by atoms with E-state index in [9.17, 15) is 13.2 Å². The van der Waals surface area contributed by atoms with Gasteiger partial charge in [-0.25, -0.2) is 8.42 Å². The van der Waals surface area contributed by atoms with Crippen molar-refractivity contribution in [2.75, 3.05) is 11.9 Å². The van der Waals surface area contributed by atoms with E-state index in [-0.39, 0.29) is 18.0 Å². The van der Waals surface area contributed by atoms with E-state index in [1.165, 1.54) is 28.6 Å². The van der Waals surface area contributed by atoms with E-state index < -0.39 is 15.9 Å². The smallest absolute Gasteiger partial charge is 0.243 e. The molecule has 0 saturated carbocycles. The Hall–Kier alpha value is -2.67.